The summed E-state index contributed by atoms with van der Waals surface area (Å²) in [6.07, 6.45) is 4.49. The Morgan fingerprint density at radius 1 is 1.27 bits per heavy atom. The van der Waals surface area contributed by atoms with Crippen molar-refractivity contribution in [3.63, 3.8) is 0 Å². The topological polar surface area (TPSA) is 21.8 Å². The maximum atomic E-state index is 5.64. The molecule has 0 amide bonds. The Hall–Kier alpha value is -1.02. The number of methoxy groups -OCH3 is 1. The molecule has 1 saturated heterocycles. The highest BCUT2D eigenvalue weighted by Crippen LogP contribution is 2.41. The first kappa shape index (κ1) is 10.5. The largest absolute Gasteiger partial charge is 0.497 e. The Morgan fingerprint density at radius 2 is 2.00 bits per heavy atom. The summed E-state index contributed by atoms with van der Waals surface area (Å²) in [5, 5.41) is 0. The number of hydrogen-bond acceptors (Lipinski definition) is 2. The first-order chi connectivity index (χ1) is 7.35. The highest BCUT2D eigenvalue weighted by atomic mass is 16.6. The molecule has 0 spiro atoms. The zero-order valence-corrected chi connectivity index (χ0v) is 9.40. The lowest BCUT2D eigenvalue weighted by Crippen LogP contribution is -1.89. The lowest BCUT2D eigenvalue weighted by atomic mass is 10.1. The summed E-state index contributed by atoms with van der Waals surface area (Å²) < 4.78 is 10.8. The van der Waals surface area contributed by atoms with Crippen molar-refractivity contribution in [2.45, 2.75) is 38.4 Å². The Labute approximate surface area is 91.2 Å². The molecule has 0 saturated carbocycles. The van der Waals surface area contributed by atoms with Crippen molar-refractivity contribution >= 4 is 0 Å². The molecule has 15 heavy (non-hydrogen) atoms. The summed E-state index contributed by atoms with van der Waals surface area (Å²) in [5.74, 6) is 0.907. The van der Waals surface area contributed by atoms with Gasteiger partial charge in [-0.2, -0.15) is 0 Å². The Morgan fingerprint density at radius 3 is 2.60 bits per heavy atom. The molecule has 2 atom stereocenters. The minimum absolute atomic E-state index is 0.336. The molecular formula is C13H18O2. The van der Waals surface area contributed by atoms with Crippen LogP contribution in [0.2, 0.25) is 0 Å². The van der Waals surface area contributed by atoms with Crippen LogP contribution in [0.4, 0.5) is 0 Å². The monoisotopic (exact) mass is 206 g/mol. The Balaban J connectivity index is 1.89. The average Bonchev–Trinajstić information content (AvgIpc) is 3.06. The smallest absolute Gasteiger partial charge is 0.118 e. The molecule has 0 unspecified atom stereocenters. The van der Waals surface area contributed by atoms with Gasteiger partial charge in [0.25, 0.3) is 0 Å². The van der Waals surface area contributed by atoms with Crippen LogP contribution in [-0.4, -0.2) is 13.2 Å². The van der Waals surface area contributed by atoms with Gasteiger partial charge in [0.2, 0.25) is 0 Å². The highest BCUT2D eigenvalue weighted by molar-refractivity contribution is 5.30. The predicted molar refractivity (Wildman–Crippen MR) is 60.1 cm³/mol. The van der Waals surface area contributed by atoms with Gasteiger partial charge in [-0.1, -0.05) is 31.9 Å². The summed E-state index contributed by atoms with van der Waals surface area (Å²) in [7, 11) is 1.69. The second-order valence-electron chi connectivity index (χ2n) is 4.01. The van der Waals surface area contributed by atoms with Gasteiger partial charge in [0.15, 0.2) is 0 Å². The molecular weight excluding hydrogens is 188 g/mol. The fourth-order valence-electron chi connectivity index (χ4n) is 1.85. The van der Waals surface area contributed by atoms with Crippen LogP contribution in [0, 0.1) is 0 Å². The minimum atomic E-state index is 0.336. The van der Waals surface area contributed by atoms with Gasteiger partial charge in [-0.25, -0.2) is 0 Å². The van der Waals surface area contributed by atoms with Crippen LogP contribution in [0.1, 0.15) is 37.9 Å². The van der Waals surface area contributed by atoms with E-state index in [1.54, 1.807) is 7.11 Å². The molecule has 1 aliphatic rings. The summed E-state index contributed by atoms with van der Waals surface area (Å²) in [5.41, 5.74) is 1.27. The van der Waals surface area contributed by atoms with E-state index in [9.17, 15) is 0 Å². The second-order valence-corrected chi connectivity index (χ2v) is 4.01. The predicted octanol–water partition coefficient (Wildman–Crippen LogP) is 3.33. The molecule has 0 N–H and O–H groups in total. The second kappa shape index (κ2) is 4.67. The summed E-state index contributed by atoms with van der Waals surface area (Å²) >= 11 is 0. The van der Waals surface area contributed by atoms with Crippen LogP contribution in [0.15, 0.2) is 24.3 Å². The van der Waals surface area contributed by atoms with E-state index >= 15 is 0 Å². The normalized spacial score (nSPS) is 23.9. The summed E-state index contributed by atoms with van der Waals surface area (Å²) in [4.78, 5) is 0. The van der Waals surface area contributed by atoms with Crippen molar-refractivity contribution in [2.75, 3.05) is 7.11 Å². The van der Waals surface area contributed by atoms with E-state index in [0.717, 1.165) is 5.75 Å². The van der Waals surface area contributed by atoms with Crippen molar-refractivity contribution in [1.82, 2.24) is 0 Å². The number of epoxide rings is 1. The molecule has 2 nitrogen and oxygen atoms in total. The van der Waals surface area contributed by atoms with E-state index in [0.29, 0.717) is 12.2 Å². The van der Waals surface area contributed by atoms with Crippen molar-refractivity contribution in [3.8, 4) is 5.75 Å². The van der Waals surface area contributed by atoms with Gasteiger partial charge in [0, 0.05) is 0 Å². The van der Waals surface area contributed by atoms with E-state index < -0.39 is 0 Å². The molecule has 2 rings (SSSR count). The number of benzene rings is 1. The van der Waals surface area contributed by atoms with Gasteiger partial charge in [0.05, 0.1) is 13.2 Å². The molecule has 2 heteroatoms. The molecule has 0 aromatic heterocycles. The van der Waals surface area contributed by atoms with E-state index in [1.807, 2.05) is 12.1 Å². The quantitative estimate of drug-likeness (QED) is 0.689. The summed E-state index contributed by atoms with van der Waals surface area (Å²) in [6.45, 7) is 2.21. The third-order valence-corrected chi connectivity index (χ3v) is 2.87. The number of unbranched alkanes of at least 4 members (excludes halogenated alkanes) is 1. The standard InChI is InChI=1S/C13H18O2/c1-3-4-5-12-13(15-12)10-6-8-11(14-2)9-7-10/h6-9,12-13H,3-5H2,1-2H3/t12-,13+/m1/s1. The molecule has 82 valence electrons. The number of rotatable bonds is 5. The lowest BCUT2D eigenvalue weighted by molar-refractivity contribution is 0.362. The molecule has 1 aliphatic heterocycles. The summed E-state index contributed by atoms with van der Waals surface area (Å²) in [6, 6.07) is 8.17. The van der Waals surface area contributed by atoms with Crippen LogP contribution in [0.3, 0.4) is 0 Å². The number of hydrogen-bond donors (Lipinski definition) is 0. The van der Waals surface area contributed by atoms with Crippen molar-refractivity contribution in [1.29, 1.82) is 0 Å². The Bertz CT molecular complexity index is 305. The van der Waals surface area contributed by atoms with Crippen LogP contribution in [0.25, 0.3) is 0 Å². The molecule has 0 bridgehead atoms. The van der Waals surface area contributed by atoms with Crippen LogP contribution < -0.4 is 4.74 Å². The van der Waals surface area contributed by atoms with E-state index in [-0.39, 0.29) is 0 Å². The van der Waals surface area contributed by atoms with E-state index in [1.165, 1.54) is 24.8 Å². The fourth-order valence-corrected chi connectivity index (χ4v) is 1.85. The van der Waals surface area contributed by atoms with Crippen LogP contribution >= 0.6 is 0 Å². The van der Waals surface area contributed by atoms with E-state index in [2.05, 4.69) is 19.1 Å². The van der Waals surface area contributed by atoms with Crippen molar-refractivity contribution in [2.24, 2.45) is 0 Å². The highest BCUT2D eigenvalue weighted by Gasteiger charge is 2.38. The Kier molecular flexibility index (Phi) is 3.27. The van der Waals surface area contributed by atoms with Crippen LogP contribution in [0.5, 0.6) is 5.75 Å². The minimum Gasteiger partial charge on any atom is -0.497 e. The zero-order chi connectivity index (χ0) is 10.7. The van der Waals surface area contributed by atoms with Gasteiger partial charge >= 0.3 is 0 Å². The van der Waals surface area contributed by atoms with Crippen molar-refractivity contribution < 1.29 is 9.47 Å². The third-order valence-electron chi connectivity index (χ3n) is 2.87. The molecule has 1 aromatic carbocycles. The molecule has 1 heterocycles. The van der Waals surface area contributed by atoms with Gasteiger partial charge in [0.1, 0.15) is 11.9 Å². The first-order valence-corrected chi connectivity index (χ1v) is 5.64. The molecule has 0 radical (unpaired) electrons. The van der Waals surface area contributed by atoms with Gasteiger partial charge in [-0.3, -0.25) is 0 Å². The lowest BCUT2D eigenvalue weighted by Gasteiger charge is -2.00. The maximum absolute atomic E-state index is 5.64. The zero-order valence-electron chi connectivity index (χ0n) is 9.40. The average molecular weight is 206 g/mol. The third kappa shape index (κ3) is 2.51. The number of ether oxygens (including phenoxy) is 2. The SMILES string of the molecule is CCCC[C@H]1O[C@H]1c1ccc(OC)cc1. The van der Waals surface area contributed by atoms with Crippen LogP contribution in [-0.2, 0) is 4.74 Å². The molecule has 1 fully saturated rings. The molecule has 1 aromatic rings. The van der Waals surface area contributed by atoms with Gasteiger partial charge in [-0.05, 0) is 24.1 Å². The first-order valence-electron chi connectivity index (χ1n) is 5.64. The van der Waals surface area contributed by atoms with Gasteiger partial charge in [-0.15, -0.1) is 0 Å². The fraction of sp³-hybridized carbons (Fsp3) is 0.538. The van der Waals surface area contributed by atoms with E-state index in [4.69, 9.17) is 9.47 Å². The maximum Gasteiger partial charge on any atom is 0.118 e. The van der Waals surface area contributed by atoms with Crippen molar-refractivity contribution in [3.05, 3.63) is 29.8 Å². The molecule has 0 aliphatic carbocycles. The van der Waals surface area contributed by atoms with Gasteiger partial charge < -0.3 is 9.47 Å².